The third kappa shape index (κ3) is 4.86. The first kappa shape index (κ1) is 14.0. The maximum atomic E-state index is 11.2. The Morgan fingerprint density at radius 2 is 1.89 bits per heavy atom. The first-order valence-electron chi connectivity index (χ1n) is 5.93. The minimum absolute atomic E-state index is 0.0392. The number of nitrogens with one attached hydrogen (secondary N) is 2. The number of aliphatic imine (C=N–C) groups is 1. The molecule has 0 aromatic heterocycles. The molecule has 0 fully saturated rings. The van der Waals surface area contributed by atoms with Crippen LogP contribution in [-0.2, 0) is 4.79 Å². The molecule has 0 unspecified atom stereocenters. The zero-order chi connectivity index (χ0) is 13.5. The second-order valence-electron chi connectivity index (χ2n) is 4.16. The summed E-state index contributed by atoms with van der Waals surface area (Å²) in [4.78, 5) is 15.2. The topological polar surface area (TPSA) is 79.5 Å². The normalized spacial score (nSPS) is 11.2. The Balaban J connectivity index is 2.60. The van der Waals surface area contributed by atoms with Crippen molar-refractivity contribution in [3.8, 4) is 0 Å². The van der Waals surface area contributed by atoms with Gasteiger partial charge in [-0.15, -0.1) is 0 Å². The van der Waals surface area contributed by atoms with E-state index in [2.05, 4.69) is 21.7 Å². The Bertz CT molecular complexity index is 434. The van der Waals surface area contributed by atoms with Gasteiger partial charge in [0.25, 0.3) is 0 Å². The van der Waals surface area contributed by atoms with E-state index >= 15 is 0 Å². The molecule has 4 N–H and O–H groups in total. The first-order valence-corrected chi connectivity index (χ1v) is 5.93. The number of hydrogen-bond donors (Lipinski definition) is 3. The number of aryl methyl sites for hydroxylation is 2. The molecule has 5 heteroatoms. The van der Waals surface area contributed by atoms with Crippen molar-refractivity contribution in [3.63, 3.8) is 0 Å². The molecule has 1 rings (SSSR count). The highest BCUT2D eigenvalue weighted by atomic mass is 16.1. The van der Waals surface area contributed by atoms with E-state index in [1.807, 2.05) is 32.9 Å². The van der Waals surface area contributed by atoms with Gasteiger partial charge in [0.15, 0.2) is 5.96 Å². The quantitative estimate of drug-likeness (QED) is 0.552. The van der Waals surface area contributed by atoms with Gasteiger partial charge in [0, 0.05) is 12.2 Å². The summed E-state index contributed by atoms with van der Waals surface area (Å²) in [5.41, 5.74) is 8.88. The molecular formula is C13H20N4O. The van der Waals surface area contributed by atoms with Gasteiger partial charge in [0.2, 0.25) is 5.91 Å². The Morgan fingerprint density at radius 1 is 1.28 bits per heavy atom. The molecule has 0 bridgehead atoms. The van der Waals surface area contributed by atoms with Crippen LogP contribution in [0.3, 0.4) is 0 Å². The summed E-state index contributed by atoms with van der Waals surface area (Å²) in [5, 5.41) is 5.62. The minimum atomic E-state index is -0.136. The van der Waals surface area contributed by atoms with E-state index in [4.69, 9.17) is 5.73 Å². The molecule has 98 valence electrons. The molecule has 0 aliphatic rings. The number of anilines is 1. The molecule has 1 amide bonds. The predicted molar refractivity (Wildman–Crippen MR) is 74.7 cm³/mol. The number of benzene rings is 1. The summed E-state index contributed by atoms with van der Waals surface area (Å²) in [5.74, 6) is 0.105. The minimum Gasteiger partial charge on any atom is -0.370 e. The van der Waals surface area contributed by atoms with Crippen LogP contribution in [0.5, 0.6) is 0 Å². The van der Waals surface area contributed by atoms with E-state index in [1.165, 1.54) is 0 Å². The number of likely N-dealkylation sites (N-methyl/N-ethyl adjacent to an activating group) is 1. The zero-order valence-corrected chi connectivity index (χ0v) is 11.1. The highest BCUT2D eigenvalue weighted by molar-refractivity contribution is 5.94. The Labute approximate surface area is 107 Å². The summed E-state index contributed by atoms with van der Waals surface area (Å²) in [6, 6.07) is 6.02. The zero-order valence-electron chi connectivity index (χ0n) is 11.1. The van der Waals surface area contributed by atoms with E-state index in [0.29, 0.717) is 6.54 Å². The van der Waals surface area contributed by atoms with Crippen LogP contribution in [0.15, 0.2) is 23.2 Å². The van der Waals surface area contributed by atoms with Crippen molar-refractivity contribution in [2.45, 2.75) is 20.8 Å². The molecule has 0 saturated carbocycles. The molecule has 0 aliphatic carbocycles. The molecule has 0 radical (unpaired) electrons. The molecular weight excluding hydrogens is 228 g/mol. The van der Waals surface area contributed by atoms with Crippen LogP contribution in [0.1, 0.15) is 18.1 Å². The standard InChI is InChI=1S/C13H20N4O/c1-4-15-12(18)8-16-13(14)17-11-6-9(2)5-10(3)7-11/h5-7H,4,8H2,1-3H3,(H,15,18)(H3,14,16,17). The molecule has 1 aromatic rings. The Hall–Kier alpha value is -2.04. The molecule has 0 spiro atoms. The third-order valence-electron chi connectivity index (χ3n) is 2.26. The van der Waals surface area contributed by atoms with E-state index < -0.39 is 0 Å². The summed E-state index contributed by atoms with van der Waals surface area (Å²) in [6.07, 6.45) is 0. The highest BCUT2D eigenvalue weighted by Crippen LogP contribution is 2.13. The van der Waals surface area contributed by atoms with Crippen LogP contribution in [0.25, 0.3) is 0 Å². The lowest BCUT2D eigenvalue weighted by molar-refractivity contribution is -0.119. The molecule has 18 heavy (non-hydrogen) atoms. The summed E-state index contributed by atoms with van der Waals surface area (Å²) < 4.78 is 0. The lowest BCUT2D eigenvalue weighted by Crippen LogP contribution is -2.28. The van der Waals surface area contributed by atoms with E-state index in [1.54, 1.807) is 0 Å². The number of guanidine groups is 1. The van der Waals surface area contributed by atoms with Gasteiger partial charge in [0.1, 0.15) is 6.54 Å². The van der Waals surface area contributed by atoms with E-state index in [0.717, 1.165) is 16.8 Å². The summed E-state index contributed by atoms with van der Waals surface area (Å²) in [6.45, 7) is 6.52. The lowest BCUT2D eigenvalue weighted by atomic mass is 10.1. The highest BCUT2D eigenvalue weighted by Gasteiger charge is 2.00. The van der Waals surface area contributed by atoms with Crippen molar-refractivity contribution in [1.82, 2.24) is 5.32 Å². The van der Waals surface area contributed by atoms with Crippen LogP contribution in [-0.4, -0.2) is 25.0 Å². The van der Waals surface area contributed by atoms with Crippen LogP contribution in [0, 0.1) is 13.8 Å². The number of nitrogens with zero attached hydrogens (tertiary/aromatic N) is 1. The SMILES string of the molecule is CCNC(=O)CN=C(N)Nc1cc(C)cc(C)c1. The largest absolute Gasteiger partial charge is 0.370 e. The maximum Gasteiger partial charge on any atom is 0.241 e. The van der Waals surface area contributed by atoms with Crippen LogP contribution in [0.2, 0.25) is 0 Å². The first-order chi connectivity index (χ1) is 8.51. The smallest absolute Gasteiger partial charge is 0.241 e. The predicted octanol–water partition coefficient (Wildman–Crippen LogP) is 1.17. The number of nitrogens with two attached hydrogens (primary N) is 1. The van der Waals surface area contributed by atoms with Crippen molar-refractivity contribution in [1.29, 1.82) is 0 Å². The summed E-state index contributed by atoms with van der Waals surface area (Å²) >= 11 is 0. The monoisotopic (exact) mass is 248 g/mol. The molecule has 5 nitrogen and oxygen atoms in total. The number of hydrogen-bond acceptors (Lipinski definition) is 2. The molecule has 1 aromatic carbocycles. The van der Waals surface area contributed by atoms with Gasteiger partial charge in [-0.3, -0.25) is 4.79 Å². The van der Waals surface area contributed by atoms with Gasteiger partial charge in [-0.1, -0.05) is 6.07 Å². The van der Waals surface area contributed by atoms with Crippen molar-refractivity contribution in [2.75, 3.05) is 18.4 Å². The number of carbonyl (C=O) groups is 1. The van der Waals surface area contributed by atoms with Gasteiger partial charge in [0.05, 0.1) is 0 Å². The fourth-order valence-electron chi connectivity index (χ4n) is 1.64. The summed E-state index contributed by atoms with van der Waals surface area (Å²) in [7, 11) is 0. The second-order valence-corrected chi connectivity index (χ2v) is 4.16. The van der Waals surface area contributed by atoms with Gasteiger partial charge >= 0.3 is 0 Å². The van der Waals surface area contributed by atoms with Crippen molar-refractivity contribution in [3.05, 3.63) is 29.3 Å². The fraction of sp³-hybridized carbons (Fsp3) is 0.385. The third-order valence-corrected chi connectivity index (χ3v) is 2.26. The van der Waals surface area contributed by atoms with Crippen molar-refractivity contribution in [2.24, 2.45) is 10.7 Å². The Kier molecular flexibility index (Phi) is 5.17. The van der Waals surface area contributed by atoms with Gasteiger partial charge < -0.3 is 16.4 Å². The van der Waals surface area contributed by atoms with Crippen molar-refractivity contribution >= 4 is 17.6 Å². The van der Waals surface area contributed by atoms with Gasteiger partial charge in [-0.05, 0) is 44.0 Å². The van der Waals surface area contributed by atoms with Crippen LogP contribution in [0.4, 0.5) is 5.69 Å². The van der Waals surface area contributed by atoms with E-state index in [9.17, 15) is 4.79 Å². The van der Waals surface area contributed by atoms with Crippen LogP contribution < -0.4 is 16.4 Å². The van der Waals surface area contributed by atoms with Crippen LogP contribution >= 0.6 is 0 Å². The van der Waals surface area contributed by atoms with Gasteiger partial charge in [-0.25, -0.2) is 4.99 Å². The molecule has 0 aliphatic heterocycles. The molecule has 0 atom stereocenters. The second kappa shape index (κ2) is 6.64. The number of amides is 1. The number of carbonyl (C=O) groups excluding carboxylic acids is 1. The fourth-order valence-corrected chi connectivity index (χ4v) is 1.64. The Morgan fingerprint density at radius 3 is 2.44 bits per heavy atom. The molecule has 0 heterocycles. The lowest BCUT2D eigenvalue weighted by Gasteiger charge is -2.08. The maximum absolute atomic E-state index is 11.2. The van der Waals surface area contributed by atoms with Gasteiger partial charge in [-0.2, -0.15) is 0 Å². The number of rotatable bonds is 4. The average Bonchev–Trinajstić information content (AvgIpc) is 2.25. The van der Waals surface area contributed by atoms with Crippen molar-refractivity contribution < 1.29 is 4.79 Å². The molecule has 0 saturated heterocycles. The van der Waals surface area contributed by atoms with E-state index in [-0.39, 0.29) is 18.4 Å². The average molecular weight is 248 g/mol.